The molecule has 0 aliphatic carbocycles. The lowest BCUT2D eigenvalue weighted by Crippen LogP contribution is -2.03. The molecule has 0 unspecified atom stereocenters. The van der Waals surface area contributed by atoms with Crippen LogP contribution in [0, 0.1) is 6.92 Å². The van der Waals surface area contributed by atoms with Crippen molar-refractivity contribution >= 4 is 11.8 Å². The predicted molar refractivity (Wildman–Crippen MR) is 79.1 cm³/mol. The molecule has 0 aliphatic rings. The second kappa shape index (κ2) is 6.27. The highest BCUT2D eigenvalue weighted by molar-refractivity contribution is 7.98. The number of aromatic nitrogens is 5. The van der Waals surface area contributed by atoms with Gasteiger partial charge in [0.2, 0.25) is 0 Å². The first-order chi connectivity index (χ1) is 10.7. The number of rotatable bonds is 5. The van der Waals surface area contributed by atoms with Crippen LogP contribution in [0.15, 0.2) is 48.1 Å². The van der Waals surface area contributed by atoms with E-state index in [-0.39, 0.29) is 0 Å². The normalized spacial score (nSPS) is 11.3. The maximum absolute atomic E-state index is 12.8. The van der Waals surface area contributed by atoms with Gasteiger partial charge in [-0.05, 0) is 18.6 Å². The second-order valence-corrected chi connectivity index (χ2v) is 5.53. The molecule has 2 heterocycles. The summed E-state index contributed by atoms with van der Waals surface area (Å²) in [5.74, 6) is 0.599. The summed E-state index contributed by atoms with van der Waals surface area (Å²) in [5.41, 5.74) is 2.05. The van der Waals surface area contributed by atoms with Crippen LogP contribution in [0.3, 0.4) is 0 Å². The maximum Gasteiger partial charge on any atom is 0.319 e. The molecule has 0 fully saturated rings. The molecule has 114 valence electrons. The fourth-order valence-corrected chi connectivity index (χ4v) is 2.96. The Morgan fingerprint density at radius 3 is 2.86 bits per heavy atom. The van der Waals surface area contributed by atoms with Gasteiger partial charge in [0, 0.05) is 12.4 Å². The van der Waals surface area contributed by atoms with Gasteiger partial charge in [0.1, 0.15) is 12.2 Å². The Morgan fingerprint density at radius 2 is 2.09 bits per heavy atom. The molecule has 0 radical (unpaired) electrons. The number of nitrogens with zero attached hydrogens (tertiary/aromatic N) is 5. The standard InChI is InChI=1S/C14H13F2N5S/c1-10-4-2-3-5-11(10)21-9-18-19-14(21)22-8-12-17-6-7-20(12)13(15)16/h2-7,9,13H,8H2,1H3. The minimum atomic E-state index is -2.59. The van der Waals surface area contributed by atoms with Gasteiger partial charge in [-0.1, -0.05) is 30.0 Å². The van der Waals surface area contributed by atoms with Crippen molar-refractivity contribution in [1.29, 1.82) is 0 Å². The maximum atomic E-state index is 12.8. The first-order valence-corrected chi connectivity index (χ1v) is 7.54. The van der Waals surface area contributed by atoms with Gasteiger partial charge in [-0.15, -0.1) is 10.2 Å². The van der Waals surface area contributed by atoms with Gasteiger partial charge in [-0.25, -0.2) is 4.98 Å². The van der Waals surface area contributed by atoms with Crippen LogP contribution in [0.1, 0.15) is 17.9 Å². The number of hydrogen-bond donors (Lipinski definition) is 0. The minimum Gasteiger partial charge on any atom is -0.277 e. The van der Waals surface area contributed by atoms with Gasteiger partial charge in [0.15, 0.2) is 5.16 Å². The van der Waals surface area contributed by atoms with E-state index in [1.165, 1.54) is 24.2 Å². The average molecular weight is 321 g/mol. The zero-order valence-corrected chi connectivity index (χ0v) is 12.5. The van der Waals surface area contributed by atoms with E-state index in [0.717, 1.165) is 15.8 Å². The van der Waals surface area contributed by atoms with Crippen molar-refractivity contribution in [2.75, 3.05) is 0 Å². The van der Waals surface area contributed by atoms with E-state index in [0.29, 0.717) is 16.7 Å². The molecule has 0 aliphatic heterocycles. The molecule has 0 N–H and O–H groups in total. The second-order valence-electron chi connectivity index (χ2n) is 4.59. The molecule has 3 aromatic rings. The monoisotopic (exact) mass is 321 g/mol. The molecule has 0 spiro atoms. The molecule has 0 saturated heterocycles. The number of thioether (sulfide) groups is 1. The highest BCUT2D eigenvalue weighted by atomic mass is 32.2. The van der Waals surface area contributed by atoms with Crippen LogP contribution in [-0.2, 0) is 5.75 Å². The lowest BCUT2D eigenvalue weighted by Gasteiger charge is -2.09. The number of para-hydroxylation sites is 1. The molecule has 3 rings (SSSR count). The fraction of sp³-hybridized carbons (Fsp3) is 0.214. The highest BCUT2D eigenvalue weighted by Crippen LogP contribution is 2.25. The predicted octanol–water partition coefficient (Wildman–Crippen LogP) is 3.46. The molecule has 0 amide bonds. The van der Waals surface area contributed by atoms with Gasteiger partial charge in [-0.3, -0.25) is 9.13 Å². The topological polar surface area (TPSA) is 48.5 Å². The molecule has 2 aromatic heterocycles. The van der Waals surface area contributed by atoms with E-state index < -0.39 is 6.55 Å². The van der Waals surface area contributed by atoms with Gasteiger partial charge < -0.3 is 0 Å². The minimum absolute atomic E-state index is 0.294. The SMILES string of the molecule is Cc1ccccc1-n1cnnc1SCc1nccn1C(F)F. The van der Waals surface area contributed by atoms with Crippen LogP contribution < -0.4 is 0 Å². The van der Waals surface area contributed by atoms with E-state index in [4.69, 9.17) is 0 Å². The molecule has 1 aromatic carbocycles. The molecule has 0 bridgehead atoms. The average Bonchev–Trinajstić information content (AvgIpc) is 3.14. The Labute approximate surface area is 130 Å². The van der Waals surface area contributed by atoms with Gasteiger partial charge >= 0.3 is 6.55 Å². The van der Waals surface area contributed by atoms with E-state index in [1.54, 1.807) is 6.33 Å². The smallest absolute Gasteiger partial charge is 0.277 e. The Balaban J connectivity index is 1.82. The van der Waals surface area contributed by atoms with Crippen LogP contribution in [0.2, 0.25) is 0 Å². The van der Waals surface area contributed by atoms with Gasteiger partial charge in [0.25, 0.3) is 0 Å². The molecule has 22 heavy (non-hydrogen) atoms. The fourth-order valence-electron chi connectivity index (χ4n) is 2.08. The Bertz CT molecular complexity index is 768. The largest absolute Gasteiger partial charge is 0.319 e. The lowest BCUT2D eigenvalue weighted by atomic mass is 10.2. The number of hydrogen-bond acceptors (Lipinski definition) is 4. The number of alkyl halides is 2. The number of imidazole rings is 1. The summed E-state index contributed by atoms with van der Waals surface area (Å²) in [6, 6.07) is 7.84. The van der Waals surface area contributed by atoms with Crippen molar-refractivity contribution in [3.8, 4) is 5.69 Å². The summed E-state index contributed by atoms with van der Waals surface area (Å²) in [6.07, 6.45) is 4.25. The molecule has 0 saturated carbocycles. The zero-order valence-electron chi connectivity index (χ0n) is 11.7. The summed E-state index contributed by atoms with van der Waals surface area (Å²) in [5, 5.41) is 8.61. The van der Waals surface area contributed by atoms with Crippen LogP contribution in [-0.4, -0.2) is 24.3 Å². The number of aryl methyl sites for hydroxylation is 1. The Kier molecular flexibility index (Phi) is 4.19. The molecular weight excluding hydrogens is 308 g/mol. The van der Waals surface area contributed by atoms with Crippen LogP contribution in [0.5, 0.6) is 0 Å². The van der Waals surface area contributed by atoms with Crippen molar-refractivity contribution in [3.05, 3.63) is 54.4 Å². The third-order valence-electron chi connectivity index (χ3n) is 3.18. The molecule has 5 nitrogen and oxygen atoms in total. The van der Waals surface area contributed by atoms with E-state index >= 15 is 0 Å². The first kappa shape index (κ1) is 14.7. The lowest BCUT2D eigenvalue weighted by molar-refractivity contribution is 0.0678. The molecular formula is C14H13F2N5S. The molecule has 0 atom stereocenters. The summed E-state index contributed by atoms with van der Waals surface area (Å²) in [6.45, 7) is -0.597. The number of halogens is 2. The number of benzene rings is 1. The van der Waals surface area contributed by atoms with E-state index in [9.17, 15) is 8.78 Å². The Hall–Kier alpha value is -2.22. The van der Waals surface area contributed by atoms with Crippen molar-refractivity contribution in [3.63, 3.8) is 0 Å². The zero-order chi connectivity index (χ0) is 15.5. The summed E-state index contributed by atoms with van der Waals surface area (Å²) >= 11 is 1.32. The van der Waals surface area contributed by atoms with Crippen molar-refractivity contribution in [1.82, 2.24) is 24.3 Å². The molecule has 8 heteroatoms. The van der Waals surface area contributed by atoms with Gasteiger partial charge in [-0.2, -0.15) is 8.78 Å². The summed E-state index contributed by atoms with van der Waals surface area (Å²) < 4.78 is 28.3. The third kappa shape index (κ3) is 2.87. The summed E-state index contributed by atoms with van der Waals surface area (Å²) in [7, 11) is 0. The van der Waals surface area contributed by atoms with E-state index in [2.05, 4.69) is 15.2 Å². The Morgan fingerprint density at radius 1 is 1.27 bits per heavy atom. The van der Waals surface area contributed by atoms with Crippen LogP contribution in [0.25, 0.3) is 5.69 Å². The summed E-state index contributed by atoms with van der Waals surface area (Å²) in [4.78, 5) is 3.96. The highest BCUT2D eigenvalue weighted by Gasteiger charge is 2.14. The van der Waals surface area contributed by atoms with Gasteiger partial charge in [0.05, 0.1) is 11.4 Å². The van der Waals surface area contributed by atoms with Crippen molar-refractivity contribution < 1.29 is 8.78 Å². The first-order valence-electron chi connectivity index (χ1n) is 6.55. The third-order valence-corrected chi connectivity index (χ3v) is 4.12. The van der Waals surface area contributed by atoms with E-state index in [1.807, 2.05) is 35.8 Å². The quantitative estimate of drug-likeness (QED) is 0.675. The van der Waals surface area contributed by atoms with Crippen molar-refractivity contribution in [2.45, 2.75) is 24.4 Å². The van der Waals surface area contributed by atoms with Crippen LogP contribution in [0.4, 0.5) is 8.78 Å². The van der Waals surface area contributed by atoms with Crippen LogP contribution >= 0.6 is 11.8 Å². The van der Waals surface area contributed by atoms with Crippen molar-refractivity contribution in [2.24, 2.45) is 0 Å².